The molecule has 0 saturated carbocycles. The number of hydrogen-bond acceptors (Lipinski definition) is 7. The number of amides is 3. The molecule has 1 unspecified atom stereocenters. The summed E-state index contributed by atoms with van der Waals surface area (Å²) in [6.45, 7) is 2.01. The third-order valence-corrected chi connectivity index (χ3v) is 9.42. The van der Waals surface area contributed by atoms with Gasteiger partial charge in [0.05, 0.1) is 19.9 Å². The van der Waals surface area contributed by atoms with Crippen LogP contribution in [0.4, 0.5) is 11.4 Å². The van der Waals surface area contributed by atoms with Crippen molar-refractivity contribution in [3.8, 4) is 22.8 Å². The largest absolute Gasteiger partial charge is 0.497 e. The summed E-state index contributed by atoms with van der Waals surface area (Å²) in [7, 11) is 3.10. The summed E-state index contributed by atoms with van der Waals surface area (Å²) in [5, 5.41) is 8.00. The molecule has 53 heavy (non-hydrogen) atoms. The first kappa shape index (κ1) is 36.3. The van der Waals surface area contributed by atoms with Crippen LogP contribution in [0.25, 0.3) is 17.4 Å². The number of benzene rings is 5. The van der Waals surface area contributed by atoms with Gasteiger partial charge in [-0.1, -0.05) is 78.4 Å². The third-order valence-electron chi connectivity index (χ3n) is 8.15. The van der Waals surface area contributed by atoms with E-state index in [-0.39, 0.29) is 11.6 Å². The van der Waals surface area contributed by atoms with Crippen LogP contribution in [-0.2, 0) is 9.59 Å². The molecule has 6 rings (SSSR count). The van der Waals surface area contributed by atoms with Crippen molar-refractivity contribution in [1.29, 1.82) is 0 Å². The number of anilines is 2. The van der Waals surface area contributed by atoms with E-state index in [0.29, 0.717) is 40.0 Å². The second-order valence-corrected chi connectivity index (χ2v) is 13.1. The second kappa shape index (κ2) is 17.1. The van der Waals surface area contributed by atoms with Gasteiger partial charge in [0.1, 0.15) is 34.0 Å². The molecule has 3 amide bonds. The monoisotopic (exact) mass is 723 g/mol. The van der Waals surface area contributed by atoms with Crippen molar-refractivity contribution in [1.82, 2.24) is 5.32 Å². The van der Waals surface area contributed by atoms with Gasteiger partial charge in [0.2, 0.25) is 5.91 Å². The Balaban J connectivity index is 1.21. The minimum Gasteiger partial charge on any atom is -0.497 e. The van der Waals surface area contributed by atoms with Crippen LogP contribution in [-0.4, -0.2) is 31.9 Å². The minimum atomic E-state index is -0.617. The number of thioether (sulfide) groups is 1. The highest BCUT2D eigenvalue weighted by molar-refractivity contribution is 8.00. The number of furan rings is 1. The topological polar surface area (TPSA) is 119 Å². The predicted molar refractivity (Wildman–Crippen MR) is 209 cm³/mol. The molecule has 0 spiro atoms. The average Bonchev–Trinajstić information content (AvgIpc) is 3.66. The van der Waals surface area contributed by atoms with Gasteiger partial charge in [-0.05, 0) is 73.2 Å². The molecule has 1 heterocycles. The molecule has 0 aliphatic heterocycles. The maximum Gasteiger partial charge on any atom is 0.272 e. The Morgan fingerprint density at radius 2 is 1.43 bits per heavy atom. The Kier molecular flexibility index (Phi) is 11.7. The van der Waals surface area contributed by atoms with Gasteiger partial charge in [-0.3, -0.25) is 14.4 Å². The van der Waals surface area contributed by atoms with Crippen LogP contribution in [0, 0.1) is 6.92 Å². The molecule has 5 aromatic carbocycles. The number of aryl methyl sites for hydroxylation is 1. The molecule has 0 aliphatic rings. The lowest BCUT2D eigenvalue weighted by atomic mass is 10.1. The highest BCUT2D eigenvalue weighted by Crippen LogP contribution is 2.38. The molecule has 1 atom stereocenters. The maximum absolute atomic E-state index is 13.8. The first-order valence-electron chi connectivity index (χ1n) is 16.7. The van der Waals surface area contributed by atoms with Crippen LogP contribution in [0.3, 0.4) is 0 Å². The van der Waals surface area contributed by atoms with Gasteiger partial charge in [-0.15, -0.1) is 11.8 Å². The highest BCUT2D eigenvalue weighted by Gasteiger charge is 2.24. The molecule has 0 aliphatic carbocycles. The fourth-order valence-corrected chi connectivity index (χ4v) is 6.37. The minimum absolute atomic E-state index is 0.00380. The Labute approximate surface area is 312 Å². The summed E-state index contributed by atoms with van der Waals surface area (Å²) in [6, 6.07) is 41.9. The summed E-state index contributed by atoms with van der Waals surface area (Å²) < 4.78 is 16.9. The summed E-state index contributed by atoms with van der Waals surface area (Å²) in [6.07, 6.45) is 1.50. The van der Waals surface area contributed by atoms with Crippen molar-refractivity contribution in [3.63, 3.8) is 0 Å². The van der Waals surface area contributed by atoms with Gasteiger partial charge in [-0.2, -0.15) is 0 Å². The second-order valence-electron chi connectivity index (χ2n) is 11.9. The average molecular weight is 724 g/mol. The SMILES string of the molecule is COc1ccc(OC)c(NC(=O)C(Sc2ccc(NC(=O)/C(=C/c3ccc(-c4ccc(C)cc4)o3)NC(=O)c3ccccc3)cc2)c2ccccc2)c1. The van der Waals surface area contributed by atoms with E-state index in [4.69, 9.17) is 13.9 Å². The zero-order valence-electron chi connectivity index (χ0n) is 29.3. The van der Waals surface area contributed by atoms with Gasteiger partial charge in [0.15, 0.2) is 0 Å². The van der Waals surface area contributed by atoms with E-state index in [1.165, 1.54) is 24.9 Å². The number of ether oxygens (including phenoxy) is 2. The van der Waals surface area contributed by atoms with E-state index >= 15 is 0 Å². The standard InChI is InChI=1S/C43H37N3O6S/c1-28-14-16-29(17-15-28)38-24-21-34(52-38)27-37(46-41(47)31-12-8-5-9-13-31)42(48)44-32-18-22-35(23-19-32)53-40(30-10-6-4-7-11-30)43(49)45-36-26-33(50-2)20-25-39(36)51-3/h4-27,40H,1-3H3,(H,44,48)(H,45,49)(H,46,47)/b37-27-. The molecule has 0 fully saturated rings. The number of rotatable bonds is 13. The van der Waals surface area contributed by atoms with Crippen molar-refractivity contribution in [2.75, 3.05) is 24.9 Å². The normalized spacial score (nSPS) is 11.6. The fourth-order valence-electron chi connectivity index (χ4n) is 5.35. The van der Waals surface area contributed by atoms with Gasteiger partial charge < -0.3 is 29.8 Å². The molecule has 3 N–H and O–H groups in total. The van der Waals surface area contributed by atoms with E-state index < -0.39 is 17.1 Å². The van der Waals surface area contributed by atoms with Crippen LogP contribution in [0.5, 0.6) is 11.5 Å². The maximum atomic E-state index is 13.8. The first-order valence-corrected chi connectivity index (χ1v) is 17.6. The summed E-state index contributed by atoms with van der Waals surface area (Å²) in [5.41, 5.74) is 4.19. The van der Waals surface area contributed by atoms with Crippen LogP contribution < -0.4 is 25.4 Å². The number of nitrogens with one attached hydrogen (secondary N) is 3. The predicted octanol–water partition coefficient (Wildman–Crippen LogP) is 9.15. The van der Waals surface area contributed by atoms with Crippen molar-refractivity contribution in [3.05, 3.63) is 168 Å². The number of carbonyl (C=O) groups is 3. The molecular formula is C43H37N3O6S. The van der Waals surface area contributed by atoms with Crippen molar-refractivity contribution in [2.24, 2.45) is 0 Å². The van der Waals surface area contributed by atoms with Gasteiger partial charge >= 0.3 is 0 Å². The van der Waals surface area contributed by atoms with Gasteiger partial charge in [-0.25, -0.2) is 0 Å². The third kappa shape index (κ3) is 9.43. The smallest absolute Gasteiger partial charge is 0.272 e. The van der Waals surface area contributed by atoms with Crippen molar-refractivity contribution < 1.29 is 28.3 Å². The lowest BCUT2D eigenvalue weighted by Gasteiger charge is -2.19. The van der Waals surface area contributed by atoms with Crippen molar-refractivity contribution in [2.45, 2.75) is 17.1 Å². The number of carbonyl (C=O) groups excluding carboxylic acids is 3. The van der Waals surface area contributed by atoms with E-state index in [2.05, 4.69) is 16.0 Å². The molecule has 266 valence electrons. The first-order chi connectivity index (χ1) is 25.8. The lowest BCUT2D eigenvalue weighted by Crippen LogP contribution is -2.30. The van der Waals surface area contributed by atoms with Crippen LogP contribution in [0.15, 0.2) is 155 Å². The Bertz CT molecular complexity index is 2220. The van der Waals surface area contributed by atoms with E-state index in [0.717, 1.165) is 21.6 Å². The lowest BCUT2D eigenvalue weighted by molar-refractivity contribution is -0.116. The molecule has 0 bridgehead atoms. The molecule has 9 nitrogen and oxygen atoms in total. The van der Waals surface area contributed by atoms with Crippen LogP contribution >= 0.6 is 11.8 Å². The van der Waals surface area contributed by atoms with Crippen LogP contribution in [0.2, 0.25) is 0 Å². The number of methoxy groups -OCH3 is 2. The zero-order valence-corrected chi connectivity index (χ0v) is 30.1. The molecular weight excluding hydrogens is 687 g/mol. The summed E-state index contributed by atoms with van der Waals surface area (Å²) in [4.78, 5) is 41.4. The van der Waals surface area contributed by atoms with Gasteiger partial charge in [0, 0.05) is 33.9 Å². The molecule has 0 radical (unpaired) electrons. The molecule has 1 aromatic heterocycles. The van der Waals surface area contributed by atoms with E-state index in [1.54, 1.807) is 67.8 Å². The fraction of sp³-hybridized carbons (Fsp3) is 0.0930. The zero-order chi connectivity index (χ0) is 37.2. The van der Waals surface area contributed by atoms with Gasteiger partial charge in [0.25, 0.3) is 11.8 Å². The summed E-state index contributed by atoms with van der Waals surface area (Å²) in [5.74, 6) is 0.862. The quantitative estimate of drug-likeness (QED) is 0.0803. The highest BCUT2D eigenvalue weighted by atomic mass is 32.2. The van der Waals surface area contributed by atoms with E-state index in [9.17, 15) is 14.4 Å². The Morgan fingerprint density at radius 1 is 0.736 bits per heavy atom. The Hall–Kier alpha value is -6.52. The van der Waals surface area contributed by atoms with Crippen LogP contribution in [0.1, 0.15) is 32.5 Å². The van der Waals surface area contributed by atoms with E-state index in [1.807, 2.05) is 85.8 Å². The molecule has 0 saturated heterocycles. The molecule has 10 heteroatoms. The molecule has 6 aromatic rings. The van der Waals surface area contributed by atoms with Crippen molar-refractivity contribution >= 4 is 46.9 Å². The number of hydrogen-bond donors (Lipinski definition) is 3. The Morgan fingerprint density at radius 3 is 2.11 bits per heavy atom. The summed E-state index contributed by atoms with van der Waals surface area (Å²) >= 11 is 1.36.